The van der Waals surface area contributed by atoms with Gasteiger partial charge in [-0.25, -0.2) is 0 Å². The van der Waals surface area contributed by atoms with E-state index in [0.29, 0.717) is 5.02 Å². The SMILES string of the molecule is CCCNCc1ccc(-c2cc(OC)ccc2Cl)o1. The molecule has 0 saturated heterocycles. The van der Waals surface area contributed by atoms with E-state index in [-0.39, 0.29) is 0 Å². The van der Waals surface area contributed by atoms with Gasteiger partial charge in [0.2, 0.25) is 0 Å². The molecule has 0 aliphatic carbocycles. The number of rotatable bonds is 6. The fraction of sp³-hybridized carbons (Fsp3) is 0.333. The Morgan fingerprint density at radius 2 is 2.11 bits per heavy atom. The molecule has 0 aliphatic rings. The van der Waals surface area contributed by atoms with Crippen molar-refractivity contribution in [1.29, 1.82) is 0 Å². The first kappa shape index (κ1) is 14.0. The number of benzene rings is 1. The first-order valence-corrected chi connectivity index (χ1v) is 6.75. The number of hydrogen-bond donors (Lipinski definition) is 1. The van der Waals surface area contributed by atoms with Gasteiger partial charge in [0, 0.05) is 5.56 Å². The molecule has 102 valence electrons. The van der Waals surface area contributed by atoms with Crippen LogP contribution in [0.25, 0.3) is 11.3 Å². The van der Waals surface area contributed by atoms with Crippen LogP contribution in [0.3, 0.4) is 0 Å². The molecule has 0 radical (unpaired) electrons. The summed E-state index contributed by atoms with van der Waals surface area (Å²) >= 11 is 6.19. The van der Waals surface area contributed by atoms with Gasteiger partial charge in [-0.05, 0) is 43.3 Å². The Labute approximate surface area is 118 Å². The van der Waals surface area contributed by atoms with Crippen molar-refractivity contribution in [3.8, 4) is 17.1 Å². The quantitative estimate of drug-likeness (QED) is 0.808. The van der Waals surface area contributed by atoms with Crippen LogP contribution in [0.1, 0.15) is 19.1 Å². The summed E-state index contributed by atoms with van der Waals surface area (Å²) in [6.45, 7) is 3.85. The van der Waals surface area contributed by atoms with E-state index in [9.17, 15) is 0 Å². The van der Waals surface area contributed by atoms with Gasteiger partial charge in [-0.15, -0.1) is 0 Å². The van der Waals surface area contributed by atoms with Crippen molar-refractivity contribution in [3.63, 3.8) is 0 Å². The van der Waals surface area contributed by atoms with E-state index in [1.807, 2.05) is 30.3 Å². The summed E-state index contributed by atoms with van der Waals surface area (Å²) in [5, 5.41) is 3.96. The van der Waals surface area contributed by atoms with Gasteiger partial charge in [-0.1, -0.05) is 18.5 Å². The van der Waals surface area contributed by atoms with Crippen LogP contribution < -0.4 is 10.1 Å². The number of hydrogen-bond acceptors (Lipinski definition) is 3. The molecular formula is C15H18ClNO2. The molecule has 19 heavy (non-hydrogen) atoms. The normalized spacial score (nSPS) is 10.7. The molecule has 0 saturated carbocycles. The molecule has 1 N–H and O–H groups in total. The summed E-state index contributed by atoms with van der Waals surface area (Å²) in [5.41, 5.74) is 0.850. The van der Waals surface area contributed by atoms with Gasteiger partial charge in [0.15, 0.2) is 0 Å². The molecule has 0 aliphatic heterocycles. The van der Waals surface area contributed by atoms with Crippen LogP contribution in [-0.4, -0.2) is 13.7 Å². The third-order valence-electron chi connectivity index (χ3n) is 2.83. The highest BCUT2D eigenvalue weighted by molar-refractivity contribution is 6.33. The highest BCUT2D eigenvalue weighted by Gasteiger charge is 2.10. The van der Waals surface area contributed by atoms with Crippen molar-refractivity contribution in [2.45, 2.75) is 19.9 Å². The van der Waals surface area contributed by atoms with E-state index >= 15 is 0 Å². The zero-order valence-electron chi connectivity index (χ0n) is 11.2. The topological polar surface area (TPSA) is 34.4 Å². The lowest BCUT2D eigenvalue weighted by Gasteiger charge is -2.05. The fourth-order valence-electron chi connectivity index (χ4n) is 1.83. The molecule has 4 heteroatoms. The lowest BCUT2D eigenvalue weighted by Crippen LogP contribution is -2.12. The Morgan fingerprint density at radius 3 is 2.84 bits per heavy atom. The van der Waals surface area contributed by atoms with E-state index in [1.54, 1.807) is 7.11 Å². The maximum absolute atomic E-state index is 6.19. The van der Waals surface area contributed by atoms with Crippen LogP contribution in [-0.2, 0) is 6.54 Å². The van der Waals surface area contributed by atoms with Crippen molar-refractivity contribution in [2.24, 2.45) is 0 Å². The van der Waals surface area contributed by atoms with E-state index < -0.39 is 0 Å². The number of furan rings is 1. The summed E-state index contributed by atoms with van der Waals surface area (Å²) in [4.78, 5) is 0. The number of methoxy groups -OCH3 is 1. The van der Waals surface area contributed by atoms with E-state index in [2.05, 4.69) is 12.2 Å². The maximum atomic E-state index is 6.19. The lowest BCUT2D eigenvalue weighted by atomic mass is 10.1. The standard InChI is InChI=1S/C15H18ClNO2/c1-3-8-17-10-12-5-7-15(19-12)13-9-11(18-2)4-6-14(13)16/h4-7,9,17H,3,8,10H2,1-2H3. The van der Waals surface area contributed by atoms with Crippen LogP contribution >= 0.6 is 11.6 Å². The van der Waals surface area contributed by atoms with Gasteiger partial charge in [0.05, 0.1) is 18.7 Å². The van der Waals surface area contributed by atoms with Crippen LogP contribution in [0, 0.1) is 0 Å². The highest BCUT2D eigenvalue weighted by atomic mass is 35.5. The first-order valence-electron chi connectivity index (χ1n) is 6.38. The fourth-order valence-corrected chi connectivity index (χ4v) is 2.04. The molecule has 0 amide bonds. The minimum Gasteiger partial charge on any atom is -0.497 e. The molecule has 2 rings (SSSR count). The van der Waals surface area contributed by atoms with Crippen molar-refractivity contribution in [1.82, 2.24) is 5.32 Å². The summed E-state index contributed by atoms with van der Waals surface area (Å²) < 4.78 is 11.0. The second-order valence-corrected chi connectivity index (χ2v) is 4.70. The smallest absolute Gasteiger partial charge is 0.135 e. The summed E-state index contributed by atoms with van der Waals surface area (Å²) in [6.07, 6.45) is 1.11. The van der Waals surface area contributed by atoms with Crippen LogP contribution in [0.2, 0.25) is 5.02 Å². The summed E-state index contributed by atoms with van der Waals surface area (Å²) in [6, 6.07) is 9.42. The largest absolute Gasteiger partial charge is 0.497 e. The zero-order chi connectivity index (χ0) is 13.7. The highest BCUT2D eigenvalue weighted by Crippen LogP contribution is 2.32. The van der Waals surface area contributed by atoms with Gasteiger partial charge in [0.1, 0.15) is 17.3 Å². The molecule has 2 aromatic rings. The molecule has 0 atom stereocenters. The van der Waals surface area contributed by atoms with Gasteiger partial charge in [0.25, 0.3) is 0 Å². The van der Waals surface area contributed by atoms with Crippen LogP contribution in [0.5, 0.6) is 5.75 Å². The lowest BCUT2D eigenvalue weighted by molar-refractivity contribution is 0.414. The van der Waals surface area contributed by atoms with Crippen molar-refractivity contribution < 1.29 is 9.15 Å². The molecule has 1 heterocycles. The number of nitrogens with one attached hydrogen (secondary N) is 1. The molecule has 3 nitrogen and oxygen atoms in total. The average molecular weight is 280 g/mol. The molecule has 1 aromatic carbocycles. The average Bonchev–Trinajstić information content (AvgIpc) is 2.88. The van der Waals surface area contributed by atoms with E-state index in [0.717, 1.165) is 42.3 Å². The second kappa shape index (κ2) is 6.64. The number of halogens is 1. The predicted octanol–water partition coefficient (Wildman–Crippen LogP) is 4.11. The van der Waals surface area contributed by atoms with Gasteiger partial charge in [-0.3, -0.25) is 0 Å². The molecule has 0 unspecified atom stereocenters. The Balaban J connectivity index is 2.17. The van der Waals surface area contributed by atoms with Crippen LogP contribution in [0.15, 0.2) is 34.7 Å². The second-order valence-electron chi connectivity index (χ2n) is 4.29. The molecule has 0 spiro atoms. The Bertz CT molecular complexity index is 537. The van der Waals surface area contributed by atoms with Gasteiger partial charge < -0.3 is 14.5 Å². The third-order valence-corrected chi connectivity index (χ3v) is 3.16. The van der Waals surface area contributed by atoms with Crippen LogP contribution in [0.4, 0.5) is 0 Å². The summed E-state index contributed by atoms with van der Waals surface area (Å²) in [5.74, 6) is 2.43. The van der Waals surface area contributed by atoms with E-state index in [4.69, 9.17) is 20.8 Å². The van der Waals surface area contributed by atoms with Gasteiger partial charge in [-0.2, -0.15) is 0 Å². The third kappa shape index (κ3) is 3.52. The van der Waals surface area contributed by atoms with E-state index in [1.165, 1.54) is 0 Å². The minimum absolute atomic E-state index is 0.656. The maximum Gasteiger partial charge on any atom is 0.135 e. The van der Waals surface area contributed by atoms with Crippen molar-refractivity contribution in [3.05, 3.63) is 41.1 Å². The first-order chi connectivity index (χ1) is 9.24. The summed E-state index contributed by atoms with van der Waals surface area (Å²) in [7, 11) is 1.63. The Kier molecular flexibility index (Phi) is 4.88. The Morgan fingerprint density at radius 1 is 1.26 bits per heavy atom. The predicted molar refractivity (Wildman–Crippen MR) is 77.7 cm³/mol. The zero-order valence-corrected chi connectivity index (χ0v) is 12.0. The molecule has 0 bridgehead atoms. The molecule has 0 fully saturated rings. The minimum atomic E-state index is 0.656. The Hall–Kier alpha value is -1.45. The van der Waals surface area contributed by atoms with Crippen molar-refractivity contribution >= 4 is 11.6 Å². The monoisotopic (exact) mass is 279 g/mol. The van der Waals surface area contributed by atoms with Gasteiger partial charge >= 0.3 is 0 Å². The number of ether oxygens (including phenoxy) is 1. The van der Waals surface area contributed by atoms with Crippen molar-refractivity contribution in [2.75, 3.05) is 13.7 Å². The molecular weight excluding hydrogens is 262 g/mol. The molecule has 1 aromatic heterocycles.